The summed E-state index contributed by atoms with van der Waals surface area (Å²) in [6.07, 6.45) is -2.72. The normalized spacial score (nSPS) is 25.0. The molecule has 3 aromatic rings. The zero-order chi connectivity index (χ0) is 65.9. The Morgan fingerprint density at radius 3 is 2.21 bits per heavy atom. The van der Waals surface area contributed by atoms with Crippen LogP contribution in [0.4, 0.5) is 15.3 Å². The van der Waals surface area contributed by atoms with Crippen molar-refractivity contribution in [2.24, 2.45) is 5.92 Å². The monoisotopic (exact) mass is 1280 g/mol. The Labute approximate surface area is 530 Å². The lowest BCUT2D eigenvalue weighted by molar-refractivity contribution is -0.256. The van der Waals surface area contributed by atoms with Gasteiger partial charge in [0, 0.05) is 113 Å². The Kier molecular flexibility index (Phi) is 20.4. The fourth-order valence-electron chi connectivity index (χ4n) is 12.9. The summed E-state index contributed by atoms with van der Waals surface area (Å²) < 4.78 is 47.4. The molecule has 4 fully saturated rings. The van der Waals surface area contributed by atoms with Crippen LogP contribution in [0, 0.1) is 11.3 Å². The molecule has 28 nitrogen and oxygen atoms in total. The summed E-state index contributed by atoms with van der Waals surface area (Å²) in [5.74, 6) is -5.26. The molecule has 7 N–H and O–H groups in total. The van der Waals surface area contributed by atoms with Crippen molar-refractivity contribution in [2.75, 3.05) is 72.0 Å². The Bertz CT molecular complexity index is 3410. The molecular formula is C64H78N8O20. The van der Waals surface area contributed by atoms with E-state index in [1.165, 1.54) is 49.2 Å². The lowest BCUT2D eigenvalue weighted by Crippen LogP contribution is -2.55. The summed E-state index contributed by atoms with van der Waals surface area (Å²) in [6, 6.07) is 8.87. The molecule has 10 atom stereocenters. The van der Waals surface area contributed by atoms with Gasteiger partial charge in [0.25, 0.3) is 11.8 Å². The van der Waals surface area contributed by atoms with Crippen LogP contribution in [-0.2, 0) is 75.0 Å². The number of aromatic hydroxyl groups is 2. The highest BCUT2D eigenvalue weighted by Gasteiger charge is 2.55. The smallest absolute Gasteiger partial charge is 0.410 e. The van der Waals surface area contributed by atoms with E-state index in [4.69, 9.17) is 37.9 Å². The van der Waals surface area contributed by atoms with E-state index in [0.29, 0.717) is 50.1 Å². The SMILES string of the molecule is COc1cccc2c1C(=N)c1c(O)c3c(c(O)c1C2=O)C[C@@](O)(C(=O)COC(=O)N1CCCN(C(=O)OCc2ccc(NC(=O)[C@H](C)NC(=O)[C@@H](NC(=O)CCCCCN4C(=O)C=CC4=O)C(C)C)cc2)CC1)C[C@@H]3O[C@H]1C[C@H]2[C@H](O[C@@H]3[C@@H](OC)OCCN32)[C@H](C)O1. The average Bonchev–Trinajstić information content (AvgIpc) is 0.830. The number of ketones is 2. The van der Waals surface area contributed by atoms with Crippen LogP contribution in [0.3, 0.4) is 0 Å². The number of imide groups is 1. The minimum absolute atomic E-state index is 0.00919. The van der Waals surface area contributed by atoms with E-state index < -0.39 is 127 Å². The van der Waals surface area contributed by atoms with Crippen molar-refractivity contribution in [1.82, 2.24) is 30.2 Å². The van der Waals surface area contributed by atoms with E-state index in [0.717, 1.165) is 4.90 Å². The summed E-state index contributed by atoms with van der Waals surface area (Å²) in [6.45, 7) is 7.26. The summed E-state index contributed by atoms with van der Waals surface area (Å²) in [7, 11) is 2.89. The molecule has 4 saturated heterocycles. The van der Waals surface area contributed by atoms with E-state index in [9.17, 15) is 63.9 Å². The third-order valence-corrected chi connectivity index (χ3v) is 17.9. The Balaban J connectivity index is 0.714. The number of hydrogen-bond donors (Lipinski definition) is 7. The zero-order valence-corrected chi connectivity index (χ0v) is 52.1. The highest BCUT2D eigenvalue weighted by molar-refractivity contribution is 6.32. The van der Waals surface area contributed by atoms with Gasteiger partial charge in [0.15, 0.2) is 31.2 Å². The molecule has 2 aliphatic carbocycles. The van der Waals surface area contributed by atoms with Crippen molar-refractivity contribution >= 4 is 64.7 Å². The number of aliphatic hydroxyl groups is 1. The van der Waals surface area contributed by atoms with E-state index in [1.807, 2.05) is 6.92 Å². The lowest BCUT2D eigenvalue weighted by atomic mass is 9.71. The van der Waals surface area contributed by atoms with Crippen LogP contribution in [0.25, 0.3) is 0 Å². The lowest BCUT2D eigenvalue weighted by Gasteiger charge is -2.43. The van der Waals surface area contributed by atoms with Gasteiger partial charge in [-0.15, -0.1) is 0 Å². The maximum Gasteiger partial charge on any atom is 0.410 e. The number of anilines is 1. The molecule has 0 unspecified atom stereocenters. The maximum absolute atomic E-state index is 14.4. The van der Waals surface area contributed by atoms with Gasteiger partial charge in [0.05, 0.1) is 48.3 Å². The first kappa shape index (κ1) is 66.5. The molecule has 0 aromatic heterocycles. The molecule has 0 spiro atoms. The fourth-order valence-corrected chi connectivity index (χ4v) is 12.9. The van der Waals surface area contributed by atoms with Crippen LogP contribution in [0.1, 0.15) is 122 Å². The van der Waals surface area contributed by atoms with Crippen molar-refractivity contribution in [3.05, 3.63) is 93.6 Å². The van der Waals surface area contributed by atoms with Gasteiger partial charge in [-0.1, -0.05) is 44.5 Å². The Hall–Kier alpha value is -8.38. The largest absolute Gasteiger partial charge is 0.507 e. The predicted molar refractivity (Wildman–Crippen MR) is 322 cm³/mol. The maximum atomic E-state index is 14.4. The number of carbonyl (C=O) groups is 9. The van der Waals surface area contributed by atoms with Crippen molar-refractivity contribution in [3.8, 4) is 17.2 Å². The Morgan fingerprint density at radius 1 is 0.815 bits per heavy atom. The minimum atomic E-state index is -2.43. The number of fused-ring (bicyclic) bond motifs is 6. The number of phenolic OH excluding ortho intramolecular Hbond substituents is 2. The zero-order valence-electron chi connectivity index (χ0n) is 52.1. The van der Waals surface area contributed by atoms with Gasteiger partial charge in [-0.2, -0.15) is 0 Å². The van der Waals surface area contributed by atoms with Crippen molar-refractivity contribution in [1.29, 1.82) is 5.41 Å². The number of carbonyl (C=O) groups excluding carboxylic acids is 9. The van der Waals surface area contributed by atoms with Crippen LogP contribution in [0.2, 0.25) is 0 Å². The van der Waals surface area contributed by atoms with E-state index >= 15 is 0 Å². The topological polar surface area (TPSA) is 361 Å². The third kappa shape index (κ3) is 13.9. The van der Waals surface area contributed by atoms with Crippen LogP contribution >= 0.6 is 0 Å². The van der Waals surface area contributed by atoms with Crippen molar-refractivity contribution in [3.63, 3.8) is 0 Å². The second-order valence-electron chi connectivity index (χ2n) is 24.3. The van der Waals surface area contributed by atoms with Crippen molar-refractivity contribution in [2.45, 2.75) is 147 Å². The first-order valence-corrected chi connectivity index (χ1v) is 30.9. The molecule has 28 heteroatoms. The van der Waals surface area contributed by atoms with Crippen molar-refractivity contribution < 1.29 is 96.4 Å². The van der Waals surface area contributed by atoms with Gasteiger partial charge in [-0.05, 0) is 62.8 Å². The highest BCUT2D eigenvalue weighted by Crippen LogP contribution is 2.53. The number of methoxy groups -OCH3 is 2. The standard InChI is InChI=1S/C64H78N8O20/c1-33(2)53(68-44(74)14-8-7-9-23-72-45(75)19-20-46(72)76)59(81)66-34(3)58(80)67-37-17-15-36(16-18-37)31-88-62(82)69-21-11-22-70(25-24-69)63(83)89-32-43(73)64(84)29-39-49(56(79)50-51(55(39)78)54(77)38-12-10-13-41(85-5)48(38)52(50)65)42(30-64)91-47-28-40-57(35(4)90-47)92-60-61(86-6)87-27-26-71(40)60/h10,12-13,15-20,33-35,40,42,47,53,57,60-61,65,78-79,84H,7-9,11,14,21-32H2,1-6H3,(H,66,81)(H,67,80)(H,68,74)/t34-,35-,40-,42-,47-,53-,57+,60+,61-,64-/m0/s1. The molecule has 5 heterocycles. The van der Waals surface area contributed by atoms with E-state index in [-0.39, 0.29) is 121 Å². The van der Waals surface area contributed by atoms with Crippen LogP contribution in [0.15, 0.2) is 54.6 Å². The molecule has 10 rings (SSSR count). The molecule has 3 aromatic carbocycles. The molecule has 0 saturated carbocycles. The number of nitrogens with one attached hydrogen (secondary N) is 4. The van der Waals surface area contributed by atoms with Crippen LogP contribution in [0.5, 0.6) is 17.2 Å². The molecule has 5 aliphatic heterocycles. The molecule has 494 valence electrons. The molecule has 92 heavy (non-hydrogen) atoms. The van der Waals surface area contributed by atoms with Gasteiger partial charge in [0.1, 0.15) is 47.6 Å². The molecular weight excluding hydrogens is 1200 g/mol. The van der Waals surface area contributed by atoms with Gasteiger partial charge < -0.3 is 79.0 Å². The first-order chi connectivity index (χ1) is 44.0. The minimum Gasteiger partial charge on any atom is -0.507 e. The highest BCUT2D eigenvalue weighted by atomic mass is 16.7. The molecule has 7 aliphatic rings. The number of Topliss-reactive ketones (excluding diaryl/α,β-unsaturated/α-hetero) is 1. The number of rotatable bonds is 21. The number of morpholine rings is 1. The predicted octanol–water partition coefficient (Wildman–Crippen LogP) is 3.45. The van der Waals surface area contributed by atoms with Crippen LogP contribution in [-0.4, -0.2) is 215 Å². The summed E-state index contributed by atoms with van der Waals surface area (Å²) >= 11 is 0. The van der Waals surface area contributed by atoms with Gasteiger partial charge in [-0.25, -0.2) is 9.59 Å². The first-order valence-electron chi connectivity index (χ1n) is 30.9. The quantitative estimate of drug-likeness (QED) is 0.0357. The number of unbranched alkanes of at least 4 members (excludes halogenated alkanes) is 2. The second-order valence-corrected chi connectivity index (χ2v) is 24.3. The van der Waals surface area contributed by atoms with E-state index in [1.54, 1.807) is 50.2 Å². The molecule has 0 radical (unpaired) electrons. The Morgan fingerprint density at radius 2 is 1.52 bits per heavy atom. The number of nitrogens with zero attached hydrogens (tertiary/aromatic N) is 4. The number of benzene rings is 3. The summed E-state index contributed by atoms with van der Waals surface area (Å²) in [5.41, 5.74) is -2.63. The van der Waals surface area contributed by atoms with Gasteiger partial charge in [-0.3, -0.25) is 48.8 Å². The second kappa shape index (κ2) is 28.2. The van der Waals surface area contributed by atoms with Crippen LogP contribution < -0.4 is 20.7 Å². The number of hydrogen-bond acceptors (Lipinski definition) is 22. The van der Waals surface area contributed by atoms with Gasteiger partial charge in [0.2, 0.25) is 23.5 Å². The summed E-state index contributed by atoms with van der Waals surface area (Å²) in [5, 5.41) is 54.4. The molecule has 7 amide bonds. The fraction of sp³-hybridized carbons (Fsp3) is 0.531. The number of ether oxygens (including phenoxy) is 8. The third-order valence-electron chi connectivity index (χ3n) is 17.9. The number of phenols is 2. The van der Waals surface area contributed by atoms with Gasteiger partial charge >= 0.3 is 12.2 Å². The average molecular weight is 1280 g/mol. The summed E-state index contributed by atoms with van der Waals surface area (Å²) in [4.78, 5) is 124. The molecule has 0 bridgehead atoms. The number of amides is 7. The van der Waals surface area contributed by atoms with E-state index in [2.05, 4.69) is 20.9 Å².